The molecule has 1 unspecified atom stereocenters. The molecule has 1 rings (SSSR count). The molecular formula is C13H21ClN2O3. The fraction of sp³-hybridized carbons (Fsp3) is 0.462. The van der Waals surface area contributed by atoms with E-state index >= 15 is 0 Å². The maximum atomic E-state index is 11.7. The second-order valence-corrected chi connectivity index (χ2v) is 3.89. The summed E-state index contributed by atoms with van der Waals surface area (Å²) < 4.78 is 10.1. The number of anilines is 1. The average molecular weight is 289 g/mol. The van der Waals surface area contributed by atoms with Crippen LogP contribution >= 0.6 is 12.4 Å². The predicted octanol–water partition coefficient (Wildman–Crippen LogP) is 1.56. The van der Waals surface area contributed by atoms with E-state index < -0.39 is 6.04 Å². The molecule has 0 aliphatic heterocycles. The molecule has 0 fully saturated rings. The monoisotopic (exact) mass is 288 g/mol. The number of carbonyl (C=O) groups is 1. The second kappa shape index (κ2) is 9.75. The lowest BCUT2D eigenvalue weighted by Gasteiger charge is -2.12. The number of ether oxygens (including phenoxy) is 2. The highest BCUT2D eigenvalue weighted by Gasteiger charge is 2.12. The molecule has 0 aliphatic rings. The van der Waals surface area contributed by atoms with Crippen LogP contribution in [-0.4, -0.2) is 32.3 Å². The molecule has 6 heteroatoms. The summed E-state index contributed by atoms with van der Waals surface area (Å²) >= 11 is 0. The van der Waals surface area contributed by atoms with Crippen LogP contribution in [0.3, 0.4) is 0 Å². The highest BCUT2D eigenvalue weighted by Crippen LogP contribution is 2.11. The van der Waals surface area contributed by atoms with Crippen LogP contribution in [0, 0.1) is 0 Å². The number of nitrogens with two attached hydrogens (primary N) is 1. The minimum absolute atomic E-state index is 0. The highest BCUT2D eigenvalue weighted by molar-refractivity contribution is 5.94. The lowest BCUT2D eigenvalue weighted by molar-refractivity contribution is -0.118. The third-order valence-corrected chi connectivity index (χ3v) is 2.35. The minimum Gasteiger partial charge on any atom is -0.383 e. The van der Waals surface area contributed by atoms with Gasteiger partial charge in [-0.2, -0.15) is 0 Å². The number of benzene rings is 1. The van der Waals surface area contributed by atoms with E-state index in [0.29, 0.717) is 18.9 Å². The second-order valence-electron chi connectivity index (χ2n) is 3.89. The van der Waals surface area contributed by atoms with Crippen molar-refractivity contribution in [2.75, 3.05) is 25.6 Å². The van der Waals surface area contributed by atoms with Gasteiger partial charge in [0.15, 0.2) is 0 Å². The first-order chi connectivity index (χ1) is 8.67. The Bertz CT molecular complexity index is 388. The number of amides is 1. The summed E-state index contributed by atoms with van der Waals surface area (Å²) in [6, 6.07) is 6.83. The number of hydrogen-bond donors (Lipinski definition) is 2. The molecule has 0 spiro atoms. The van der Waals surface area contributed by atoms with Crippen molar-refractivity contribution in [3.63, 3.8) is 0 Å². The van der Waals surface area contributed by atoms with Crippen molar-refractivity contribution in [1.29, 1.82) is 0 Å². The number of rotatable bonds is 7. The average Bonchev–Trinajstić information content (AvgIpc) is 2.37. The first-order valence-corrected chi connectivity index (χ1v) is 5.89. The van der Waals surface area contributed by atoms with Crippen LogP contribution in [0.4, 0.5) is 5.69 Å². The summed E-state index contributed by atoms with van der Waals surface area (Å²) in [7, 11) is 1.51. The molecule has 3 N–H and O–H groups in total. The Hall–Kier alpha value is -1.14. The fourth-order valence-corrected chi connectivity index (χ4v) is 1.45. The summed E-state index contributed by atoms with van der Waals surface area (Å²) in [5.41, 5.74) is 7.35. The maximum Gasteiger partial charge on any atom is 0.243 e. The summed E-state index contributed by atoms with van der Waals surface area (Å²) in [4.78, 5) is 11.7. The molecule has 108 valence electrons. The van der Waals surface area contributed by atoms with Gasteiger partial charge < -0.3 is 20.5 Å². The Morgan fingerprint density at radius 3 is 2.84 bits per heavy atom. The van der Waals surface area contributed by atoms with Crippen LogP contribution < -0.4 is 11.1 Å². The van der Waals surface area contributed by atoms with E-state index in [1.54, 1.807) is 0 Å². The van der Waals surface area contributed by atoms with Crippen molar-refractivity contribution < 1.29 is 14.3 Å². The lowest BCUT2D eigenvalue weighted by Crippen LogP contribution is -2.39. The van der Waals surface area contributed by atoms with Gasteiger partial charge in [0.1, 0.15) is 6.04 Å². The van der Waals surface area contributed by atoms with Crippen LogP contribution in [0.2, 0.25) is 0 Å². The van der Waals surface area contributed by atoms with E-state index in [2.05, 4.69) is 5.32 Å². The summed E-state index contributed by atoms with van der Waals surface area (Å²) in [5, 5.41) is 2.74. The Morgan fingerprint density at radius 2 is 2.21 bits per heavy atom. The van der Waals surface area contributed by atoms with Gasteiger partial charge in [-0.1, -0.05) is 12.1 Å². The third kappa shape index (κ3) is 6.54. The van der Waals surface area contributed by atoms with Crippen molar-refractivity contribution >= 4 is 24.0 Å². The summed E-state index contributed by atoms with van der Waals surface area (Å²) in [6.45, 7) is 3.33. The summed E-state index contributed by atoms with van der Waals surface area (Å²) in [5.74, 6) is -0.259. The van der Waals surface area contributed by atoms with Crippen LogP contribution in [-0.2, 0) is 20.9 Å². The Balaban J connectivity index is 0.00000324. The van der Waals surface area contributed by atoms with E-state index in [4.69, 9.17) is 15.2 Å². The van der Waals surface area contributed by atoms with Gasteiger partial charge in [0.25, 0.3) is 0 Å². The van der Waals surface area contributed by atoms with Crippen molar-refractivity contribution in [1.82, 2.24) is 0 Å². The van der Waals surface area contributed by atoms with Crippen molar-refractivity contribution in [2.45, 2.75) is 19.6 Å². The van der Waals surface area contributed by atoms with E-state index in [-0.39, 0.29) is 24.9 Å². The van der Waals surface area contributed by atoms with Crippen LogP contribution in [0.25, 0.3) is 0 Å². The largest absolute Gasteiger partial charge is 0.383 e. The van der Waals surface area contributed by atoms with Crippen LogP contribution in [0.1, 0.15) is 12.5 Å². The zero-order valence-corrected chi connectivity index (χ0v) is 12.0. The Labute approximate surface area is 119 Å². The van der Waals surface area contributed by atoms with Crippen molar-refractivity contribution in [3.05, 3.63) is 29.8 Å². The van der Waals surface area contributed by atoms with Gasteiger partial charge in [0.2, 0.25) is 5.91 Å². The van der Waals surface area contributed by atoms with Crippen molar-refractivity contribution in [3.8, 4) is 0 Å². The molecular weight excluding hydrogens is 268 g/mol. The maximum absolute atomic E-state index is 11.7. The Kier molecular flexibility index (Phi) is 9.16. The number of nitrogens with one attached hydrogen (secondary N) is 1. The molecule has 19 heavy (non-hydrogen) atoms. The van der Waals surface area contributed by atoms with Gasteiger partial charge >= 0.3 is 0 Å². The molecule has 1 aromatic rings. The van der Waals surface area contributed by atoms with E-state index in [0.717, 1.165) is 5.56 Å². The number of methoxy groups -OCH3 is 1. The smallest absolute Gasteiger partial charge is 0.243 e. The van der Waals surface area contributed by atoms with Gasteiger partial charge in [-0.25, -0.2) is 0 Å². The normalized spacial score (nSPS) is 11.5. The van der Waals surface area contributed by atoms with E-state index in [1.807, 2.05) is 31.2 Å². The lowest BCUT2D eigenvalue weighted by atomic mass is 10.2. The molecule has 0 saturated heterocycles. The standard InChI is InChI=1S/C13H20N2O3.ClH/c1-3-18-8-10-5-4-6-11(7-10)15-13(16)12(14)9-17-2;/h4-7,12H,3,8-9,14H2,1-2H3,(H,15,16);1H. The third-order valence-electron chi connectivity index (χ3n) is 2.35. The molecule has 1 atom stereocenters. The first-order valence-electron chi connectivity index (χ1n) is 5.89. The minimum atomic E-state index is -0.662. The zero-order valence-electron chi connectivity index (χ0n) is 11.2. The van der Waals surface area contributed by atoms with Crippen LogP contribution in [0.5, 0.6) is 0 Å². The molecule has 0 aliphatic carbocycles. The molecule has 5 nitrogen and oxygen atoms in total. The molecule has 0 saturated carbocycles. The molecule has 0 heterocycles. The fourth-order valence-electron chi connectivity index (χ4n) is 1.45. The van der Waals surface area contributed by atoms with Gasteiger partial charge in [0.05, 0.1) is 13.2 Å². The zero-order chi connectivity index (χ0) is 13.4. The number of hydrogen-bond acceptors (Lipinski definition) is 4. The quantitative estimate of drug-likeness (QED) is 0.798. The number of halogens is 1. The molecule has 1 aromatic carbocycles. The SMILES string of the molecule is CCOCc1cccc(NC(=O)C(N)COC)c1.Cl. The van der Waals surface area contributed by atoms with Crippen LogP contribution in [0.15, 0.2) is 24.3 Å². The van der Waals surface area contributed by atoms with Gasteiger partial charge in [-0.05, 0) is 24.6 Å². The first kappa shape index (κ1) is 17.9. The van der Waals surface area contributed by atoms with Gasteiger partial charge in [-0.15, -0.1) is 12.4 Å². The van der Waals surface area contributed by atoms with E-state index in [1.165, 1.54) is 7.11 Å². The Morgan fingerprint density at radius 1 is 1.47 bits per heavy atom. The van der Waals surface area contributed by atoms with Gasteiger partial charge in [-0.3, -0.25) is 4.79 Å². The highest BCUT2D eigenvalue weighted by atomic mass is 35.5. The summed E-state index contributed by atoms with van der Waals surface area (Å²) in [6.07, 6.45) is 0. The van der Waals surface area contributed by atoms with Gasteiger partial charge in [0, 0.05) is 19.4 Å². The molecule has 1 amide bonds. The molecule has 0 radical (unpaired) electrons. The molecule has 0 bridgehead atoms. The molecule has 0 aromatic heterocycles. The number of carbonyl (C=O) groups excluding carboxylic acids is 1. The topological polar surface area (TPSA) is 73.6 Å². The van der Waals surface area contributed by atoms with E-state index in [9.17, 15) is 4.79 Å². The predicted molar refractivity (Wildman–Crippen MR) is 77.5 cm³/mol. The van der Waals surface area contributed by atoms with Crippen molar-refractivity contribution in [2.24, 2.45) is 5.73 Å².